The lowest BCUT2D eigenvalue weighted by molar-refractivity contribution is 0.0610. The fourth-order valence-corrected chi connectivity index (χ4v) is 2.29. The van der Waals surface area contributed by atoms with E-state index in [1.54, 1.807) is 13.8 Å². The normalized spacial score (nSPS) is 11.6. The first-order chi connectivity index (χ1) is 8.44. The number of aryl methyl sites for hydroxylation is 1. The maximum atomic E-state index is 9.98. The number of hydrogen-bond acceptors (Lipinski definition) is 2. The van der Waals surface area contributed by atoms with Gasteiger partial charge in [-0.3, -0.25) is 5.41 Å². The number of para-hydroxylation sites is 2. The molecule has 0 saturated carbocycles. The Bertz CT molecular complexity index is 607. The Morgan fingerprint density at radius 2 is 1.68 bits per heavy atom. The molecule has 0 fully saturated rings. The highest BCUT2D eigenvalue weighted by atomic mass is 35.5. The molecule has 2 N–H and O–H groups in total. The second-order valence-electron chi connectivity index (χ2n) is 5.36. The summed E-state index contributed by atoms with van der Waals surface area (Å²) < 4.78 is 3.88. The number of aromatic nitrogens is 2. The third-order valence-corrected chi connectivity index (χ3v) is 2.97. The summed E-state index contributed by atoms with van der Waals surface area (Å²) in [5.74, 6) is 0. The van der Waals surface area contributed by atoms with Crippen molar-refractivity contribution in [3.05, 3.63) is 29.9 Å². The number of rotatable bonds is 4. The highest BCUT2D eigenvalue weighted by molar-refractivity contribution is 5.85. The number of fused-ring (bicyclic) bond motifs is 1. The Labute approximate surface area is 119 Å². The summed E-state index contributed by atoms with van der Waals surface area (Å²) in [4.78, 5) is 0. The van der Waals surface area contributed by atoms with Crippen molar-refractivity contribution >= 4 is 23.4 Å². The summed E-state index contributed by atoms with van der Waals surface area (Å²) in [5, 5.41) is 18.3. The van der Waals surface area contributed by atoms with Crippen LogP contribution in [0.25, 0.3) is 11.0 Å². The van der Waals surface area contributed by atoms with Crippen LogP contribution in [-0.4, -0.2) is 19.8 Å². The smallest absolute Gasteiger partial charge is 0.203 e. The molecule has 0 spiro atoms. The molecule has 4 nitrogen and oxygen atoms in total. The molecule has 0 aliphatic carbocycles. The number of nitrogens with one attached hydrogen (secondary N) is 1. The maximum Gasteiger partial charge on any atom is 0.203 e. The molecule has 0 atom stereocenters. The number of aliphatic hydroxyl groups is 1. The van der Waals surface area contributed by atoms with Gasteiger partial charge in [-0.2, -0.15) is 0 Å². The first-order valence-corrected chi connectivity index (χ1v) is 6.39. The standard InChI is InChI=1S/C14H21N3O.ClH/c1-4-9-16-11-7-5-6-8-12(11)17(13(16)15)10-14(2,3)18;/h5-8,15,18H,4,9-10H2,1-3H3;1H. The minimum absolute atomic E-state index is 0. The van der Waals surface area contributed by atoms with Gasteiger partial charge in [-0.1, -0.05) is 19.1 Å². The molecule has 0 aliphatic heterocycles. The van der Waals surface area contributed by atoms with Crippen molar-refractivity contribution in [3.8, 4) is 0 Å². The lowest BCUT2D eigenvalue weighted by Gasteiger charge is -2.18. The van der Waals surface area contributed by atoms with E-state index in [1.807, 2.05) is 33.4 Å². The molecular weight excluding hydrogens is 262 g/mol. The van der Waals surface area contributed by atoms with Gasteiger partial charge >= 0.3 is 0 Å². The van der Waals surface area contributed by atoms with Gasteiger partial charge < -0.3 is 14.2 Å². The summed E-state index contributed by atoms with van der Waals surface area (Å²) >= 11 is 0. The Kier molecular flexibility index (Phi) is 4.82. The van der Waals surface area contributed by atoms with E-state index < -0.39 is 5.60 Å². The van der Waals surface area contributed by atoms with Crippen LogP contribution in [0.3, 0.4) is 0 Å². The summed E-state index contributed by atoms with van der Waals surface area (Å²) in [6.45, 7) is 6.91. The molecule has 1 heterocycles. The van der Waals surface area contributed by atoms with Crippen LogP contribution in [0.5, 0.6) is 0 Å². The Morgan fingerprint density at radius 3 is 2.16 bits per heavy atom. The minimum atomic E-state index is -0.818. The van der Waals surface area contributed by atoms with Crippen LogP contribution in [0.4, 0.5) is 0 Å². The van der Waals surface area contributed by atoms with Crippen molar-refractivity contribution < 1.29 is 5.11 Å². The zero-order chi connectivity index (χ0) is 13.3. The maximum absolute atomic E-state index is 9.98. The second kappa shape index (κ2) is 5.80. The van der Waals surface area contributed by atoms with Crippen molar-refractivity contribution in [1.29, 1.82) is 5.41 Å². The Hall–Kier alpha value is -1.26. The van der Waals surface area contributed by atoms with Gasteiger partial charge in [-0.05, 0) is 32.4 Å². The van der Waals surface area contributed by atoms with E-state index >= 15 is 0 Å². The lowest BCUT2D eigenvalue weighted by Crippen LogP contribution is -2.33. The van der Waals surface area contributed by atoms with Gasteiger partial charge in [0.1, 0.15) is 0 Å². The topological polar surface area (TPSA) is 53.9 Å². The molecular formula is C14H22ClN3O. The van der Waals surface area contributed by atoms with Crippen LogP contribution < -0.4 is 5.62 Å². The molecule has 0 radical (unpaired) electrons. The number of benzene rings is 1. The first kappa shape index (κ1) is 15.8. The number of nitrogens with zero attached hydrogens (tertiary/aromatic N) is 2. The number of imidazole rings is 1. The molecule has 2 rings (SSSR count). The van der Waals surface area contributed by atoms with Crippen LogP contribution >= 0.6 is 12.4 Å². The van der Waals surface area contributed by atoms with Crippen molar-refractivity contribution in [2.24, 2.45) is 0 Å². The summed E-state index contributed by atoms with van der Waals surface area (Å²) in [7, 11) is 0. The third-order valence-electron chi connectivity index (χ3n) is 2.97. The molecule has 1 aromatic carbocycles. The molecule has 106 valence electrons. The average molecular weight is 284 g/mol. The highest BCUT2D eigenvalue weighted by Crippen LogP contribution is 2.15. The van der Waals surface area contributed by atoms with Gasteiger partial charge in [-0.15, -0.1) is 12.4 Å². The van der Waals surface area contributed by atoms with E-state index in [0.29, 0.717) is 12.2 Å². The molecule has 0 amide bonds. The van der Waals surface area contributed by atoms with E-state index in [9.17, 15) is 5.11 Å². The summed E-state index contributed by atoms with van der Waals surface area (Å²) in [6.07, 6.45) is 0.993. The van der Waals surface area contributed by atoms with Crippen LogP contribution in [0, 0.1) is 5.41 Å². The molecule has 19 heavy (non-hydrogen) atoms. The molecule has 0 saturated heterocycles. The number of halogens is 1. The van der Waals surface area contributed by atoms with Crippen molar-refractivity contribution in [2.45, 2.75) is 45.9 Å². The second-order valence-corrected chi connectivity index (χ2v) is 5.36. The Morgan fingerprint density at radius 1 is 1.16 bits per heavy atom. The molecule has 0 unspecified atom stereocenters. The van der Waals surface area contributed by atoms with Gasteiger partial charge in [0.15, 0.2) is 0 Å². The van der Waals surface area contributed by atoms with Gasteiger partial charge in [-0.25, -0.2) is 0 Å². The first-order valence-electron chi connectivity index (χ1n) is 6.39. The van der Waals surface area contributed by atoms with Gasteiger partial charge in [0, 0.05) is 6.54 Å². The molecule has 0 bridgehead atoms. The predicted octanol–water partition coefficient (Wildman–Crippen LogP) is 2.52. The fourth-order valence-electron chi connectivity index (χ4n) is 2.29. The number of hydrogen-bond donors (Lipinski definition) is 2. The van der Waals surface area contributed by atoms with E-state index in [4.69, 9.17) is 5.41 Å². The van der Waals surface area contributed by atoms with E-state index in [1.165, 1.54) is 0 Å². The van der Waals surface area contributed by atoms with Gasteiger partial charge in [0.05, 0.1) is 23.2 Å². The highest BCUT2D eigenvalue weighted by Gasteiger charge is 2.18. The van der Waals surface area contributed by atoms with Gasteiger partial charge in [0.25, 0.3) is 0 Å². The average Bonchev–Trinajstić information content (AvgIpc) is 2.54. The van der Waals surface area contributed by atoms with Crippen LogP contribution in [-0.2, 0) is 13.1 Å². The lowest BCUT2D eigenvalue weighted by atomic mass is 10.1. The molecule has 1 aromatic heterocycles. The van der Waals surface area contributed by atoms with E-state index in [-0.39, 0.29) is 12.4 Å². The largest absolute Gasteiger partial charge is 0.389 e. The molecule has 2 aromatic rings. The van der Waals surface area contributed by atoms with E-state index in [2.05, 4.69) is 6.92 Å². The minimum Gasteiger partial charge on any atom is -0.389 e. The summed E-state index contributed by atoms with van der Waals surface area (Å²) in [6, 6.07) is 8.00. The summed E-state index contributed by atoms with van der Waals surface area (Å²) in [5.41, 5.74) is 1.72. The van der Waals surface area contributed by atoms with Crippen LogP contribution in [0.1, 0.15) is 27.2 Å². The quantitative estimate of drug-likeness (QED) is 0.890. The SMILES string of the molecule is CCCn1c(=N)n(CC(C)(C)O)c2ccccc21.Cl. The van der Waals surface area contributed by atoms with Crippen LogP contribution in [0.2, 0.25) is 0 Å². The fraction of sp³-hybridized carbons (Fsp3) is 0.500. The van der Waals surface area contributed by atoms with Crippen molar-refractivity contribution in [1.82, 2.24) is 9.13 Å². The van der Waals surface area contributed by atoms with Crippen LogP contribution in [0.15, 0.2) is 24.3 Å². The Balaban J connectivity index is 0.00000180. The molecule has 0 aliphatic rings. The van der Waals surface area contributed by atoms with Crippen molar-refractivity contribution in [3.63, 3.8) is 0 Å². The van der Waals surface area contributed by atoms with Crippen molar-refractivity contribution in [2.75, 3.05) is 0 Å². The van der Waals surface area contributed by atoms with E-state index in [0.717, 1.165) is 24.0 Å². The monoisotopic (exact) mass is 283 g/mol. The molecule has 5 heteroatoms. The zero-order valence-electron chi connectivity index (χ0n) is 11.7. The van der Waals surface area contributed by atoms with Gasteiger partial charge in [0.2, 0.25) is 5.62 Å². The zero-order valence-corrected chi connectivity index (χ0v) is 12.5. The third kappa shape index (κ3) is 3.19. The predicted molar refractivity (Wildman–Crippen MR) is 79.6 cm³/mol.